The fraction of sp³-hybridized carbons (Fsp3) is 0.533. The summed E-state index contributed by atoms with van der Waals surface area (Å²) in [6.45, 7) is 2.20. The molecule has 1 aliphatic rings. The van der Waals surface area contributed by atoms with Crippen molar-refractivity contribution in [1.82, 2.24) is 4.90 Å². The van der Waals surface area contributed by atoms with Gasteiger partial charge in [0.1, 0.15) is 5.82 Å². The molecule has 1 saturated heterocycles. The van der Waals surface area contributed by atoms with Crippen molar-refractivity contribution in [3.05, 3.63) is 35.1 Å². The summed E-state index contributed by atoms with van der Waals surface area (Å²) < 4.78 is 52.7. The van der Waals surface area contributed by atoms with Crippen LogP contribution in [-0.2, 0) is 6.61 Å². The number of amides is 1. The van der Waals surface area contributed by atoms with E-state index in [9.17, 15) is 22.4 Å². The van der Waals surface area contributed by atoms with E-state index in [4.69, 9.17) is 5.11 Å². The molecule has 0 radical (unpaired) electrons. The Hall–Kier alpha value is -1.63. The van der Waals surface area contributed by atoms with Crippen LogP contribution in [0, 0.1) is 11.7 Å². The first-order valence-electron chi connectivity index (χ1n) is 6.87. The molecule has 122 valence electrons. The molecule has 7 heteroatoms. The van der Waals surface area contributed by atoms with Crippen molar-refractivity contribution < 1.29 is 27.5 Å². The first-order chi connectivity index (χ1) is 10.1. The molecule has 1 heterocycles. The van der Waals surface area contributed by atoms with E-state index in [2.05, 4.69) is 0 Å². The number of aliphatic hydroxyl groups excluding tert-OH is 1. The lowest BCUT2D eigenvalue weighted by molar-refractivity contribution is -0.189. The van der Waals surface area contributed by atoms with Gasteiger partial charge in [0.25, 0.3) is 5.91 Å². The summed E-state index contributed by atoms with van der Waals surface area (Å²) in [6.07, 6.45) is -4.55. The summed E-state index contributed by atoms with van der Waals surface area (Å²) in [6, 6.07) is 3.52. The molecule has 0 unspecified atom stereocenters. The lowest BCUT2D eigenvalue weighted by Crippen LogP contribution is -2.49. The zero-order valence-electron chi connectivity index (χ0n) is 12.2. The van der Waals surface area contributed by atoms with Gasteiger partial charge in [-0.1, -0.05) is 6.07 Å². The highest BCUT2D eigenvalue weighted by atomic mass is 19.4. The lowest BCUT2D eigenvalue weighted by Gasteiger charge is -2.36. The minimum atomic E-state index is -4.38. The smallest absolute Gasteiger partial charge is 0.392 e. The molecule has 0 saturated carbocycles. The molecule has 1 N–H and O–H groups in total. The zero-order chi connectivity index (χ0) is 16.7. The van der Waals surface area contributed by atoms with Gasteiger partial charge in [0.15, 0.2) is 0 Å². The Bertz CT molecular complexity index is 583. The van der Waals surface area contributed by atoms with E-state index in [1.54, 1.807) is 0 Å². The van der Waals surface area contributed by atoms with E-state index < -0.39 is 36.0 Å². The molecule has 1 atom stereocenters. The van der Waals surface area contributed by atoms with Gasteiger partial charge < -0.3 is 10.0 Å². The number of alkyl halides is 3. The average molecular weight is 319 g/mol. The number of carbonyl (C=O) groups is 1. The Kier molecular flexibility index (Phi) is 4.21. The maximum atomic E-state index is 13.6. The Morgan fingerprint density at radius 2 is 2.05 bits per heavy atom. The fourth-order valence-corrected chi connectivity index (χ4v) is 2.98. The van der Waals surface area contributed by atoms with Gasteiger partial charge in [-0.25, -0.2) is 4.39 Å². The summed E-state index contributed by atoms with van der Waals surface area (Å²) in [4.78, 5) is 13.6. The number of nitrogens with zero attached hydrogens (tertiary/aromatic N) is 1. The molecule has 0 spiro atoms. The van der Waals surface area contributed by atoms with Crippen LogP contribution in [0.1, 0.15) is 36.2 Å². The van der Waals surface area contributed by atoms with Crippen molar-refractivity contribution in [2.75, 3.05) is 6.54 Å². The number of hydrogen-bond acceptors (Lipinski definition) is 2. The van der Waals surface area contributed by atoms with E-state index in [1.807, 2.05) is 0 Å². The summed E-state index contributed by atoms with van der Waals surface area (Å²) in [7, 11) is 0. The Labute approximate surface area is 125 Å². The van der Waals surface area contributed by atoms with E-state index in [-0.39, 0.29) is 24.1 Å². The SMILES string of the molecule is CC1(C)[C@@H](C(F)(F)F)CCN1C(=O)c1ccc(CO)c(F)c1. The first kappa shape index (κ1) is 16.7. The molecule has 0 aromatic heterocycles. The zero-order valence-corrected chi connectivity index (χ0v) is 12.2. The van der Waals surface area contributed by atoms with Crippen LogP contribution in [0.25, 0.3) is 0 Å². The molecule has 22 heavy (non-hydrogen) atoms. The molecule has 0 aliphatic carbocycles. The van der Waals surface area contributed by atoms with Crippen molar-refractivity contribution in [2.45, 2.75) is 38.6 Å². The quantitative estimate of drug-likeness (QED) is 0.851. The normalized spacial score (nSPS) is 21.2. The van der Waals surface area contributed by atoms with Gasteiger partial charge in [0.05, 0.1) is 12.5 Å². The van der Waals surface area contributed by atoms with E-state index in [1.165, 1.54) is 26.0 Å². The number of hydrogen-bond donors (Lipinski definition) is 1. The van der Waals surface area contributed by atoms with Crippen molar-refractivity contribution >= 4 is 5.91 Å². The van der Waals surface area contributed by atoms with Crippen molar-refractivity contribution in [3.8, 4) is 0 Å². The van der Waals surface area contributed by atoms with Gasteiger partial charge in [0, 0.05) is 23.2 Å². The summed E-state index contributed by atoms with van der Waals surface area (Å²) >= 11 is 0. The summed E-state index contributed by atoms with van der Waals surface area (Å²) in [5, 5.41) is 8.91. The van der Waals surface area contributed by atoms with Crippen LogP contribution in [-0.4, -0.2) is 34.2 Å². The number of rotatable bonds is 2. The largest absolute Gasteiger partial charge is 0.394 e. The molecule has 0 bridgehead atoms. The predicted octanol–water partition coefficient (Wildman–Crippen LogP) is 3.12. The standard InChI is InChI=1S/C15H17F4NO2/c1-14(2)12(15(17,18)19)5-6-20(14)13(22)9-3-4-10(8-21)11(16)7-9/h3-4,7,12,21H,5-6,8H2,1-2H3/t12-/m0/s1. The summed E-state index contributed by atoms with van der Waals surface area (Å²) in [5.41, 5.74) is -1.38. The maximum absolute atomic E-state index is 13.6. The van der Waals surface area contributed by atoms with E-state index in [0.29, 0.717) is 0 Å². The minimum Gasteiger partial charge on any atom is -0.392 e. The van der Waals surface area contributed by atoms with Gasteiger partial charge in [-0.3, -0.25) is 4.79 Å². The predicted molar refractivity (Wildman–Crippen MR) is 71.6 cm³/mol. The number of aliphatic hydroxyl groups is 1. The second kappa shape index (κ2) is 5.53. The Morgan fingerprint density at radius 1 is 1.41 bits per heavy atom. The van der Waals surface area contributed by atoms with Crippen molar-refractivity contribution in [2.24, 2.45) is 5.92 Å². The van der Waals surface area contributed by atoms with Crippen LogP contribution in [0.3, 0.4) is 0 Å². The molecule has 1 fully saturated rings. The maximum Gasteiger partial charge on any atom is 0.394 e. The van der Waals surface area contributed by atoms with Crippen LogP contribution in [0.15, 0.2) is 18.2 Å². The third-order valence-corrected chi connectivity index (χ3v) is 4.30. The molecular formula is C15H17F4NO2. The van der Waals surface area contributed by atoms with Gasteiger partial charge in [-0.05, 0) is 32.4 Å². The number of likely N-dealkylation sites (tertiary alicyclic amines) is 1. The number of halogens is 4. The highest BCUT2D eigenvalue weighted by molar-refractivity contribution is 5.95. The second-order valence-corrected chi connectivity index (χ2v) is 5.96. The molecule has 3 nitrogen and oxygen atoms in total. The molecular weight excluding hydrogens is 302 g/mol. The van der Waals surface area contributed by atoms with Crippen molar-refractivity contribution in [1.29, 1.82) is 0 Å². The molecule has 1 aliphatic heterocycles. The first-order valence-corrected chi connectivity index (χ1v) is 6.87. The average Bonchev–Trinajstić information content (AvgIpc) is 2.72. The monoisotopic (exact) mass is 319 g/mol. The van der Waals surface area contributed by atoms with E-state index in [0.717, 1.165) is 11.0 Å². The van der Waals surface area contributed by atoms with Crippen LogP contribution in [0.4, 0.5) is 17.6 Å². The van der Waals surface area contributed by atoms with Crippen LogP contribution < -0.4 is 0 Å². The molecule has 1 aromatic rings. The van der Waals surface area contributed by atoms with Crippen LogP contribution in [0.2, 0.25) is 0 Å². The Morgan fingerprint density at radius 3 is 2.50 bits per heavy atom. The topological polar surface area (TPSA) is 40.5 Å². The van der Waals surface area contributed by atoms with Gasteiger partial charge >= 0.3 is 6.18 Å². The van der Waals surface area contributed by atoms with Gasteiger partial charge in [0.2, 0.25) is 0 Å². The molecule has 1 aromatic carbocycles. The third-order valence-electron chi connectivity index (χ3n) is 4.30. The van der Waals surface area contributed by atoms with Gasteiger partial charge in [-0.2, -0.15) is 13.2 Å². The highest BCUT2D eigenvalue weighted by Crippen LogP contribution is 2.45. The summed E-state index contributed by atoms with van der Waals surface area (Å²) in [5.74, 6) is -3.00. The Balaban J connectivity index is 2.29. The third kappa shape index (κ3) is 2.82. The molecule has 2 rings (SSSR count). The van der Waals surface area contributed by atoms with E-state index >= 15 is 0 Å². The van der Waals surface area contributed by atoms with Gasteiger partial charge in [-0.15, -0.1) is 0 Å². The second-order valence-electron chi connectivity index (χ2n) is 5.96. The van der Waals surface area contributed by atoms with Crippen LogP contribution in [0.5, 0.6) is 0 Å². The van der Waals surface area contributed by atoms with Crippen molar-refractivity contribution in [3.63, 3.8) is 0 Å². The minimum absolute atomic E-state index is 0.0226. The van der Waals surface area contributed by atoms with Crippen LogP contribution >= 0.6 is 0 Å². The number of benzene rings is 1. The number of carbonyl (C=O) groups excluding carboxylic acids is 1. The highest BCUT2D eigenvalue weighted by Gasteiger charge is 2.56. The fourth-order valence-electron chi connectivity index (χ4n) is 2.98. The molecule has 1 amide bonds. The lowest BCUT2D eigenvalue weighted by atomic mass is 9.87.